The molecule has 11 heteroatoms. The molecule has 1 unspecified atom stereocenters. The number of amides is 1. The fourth-order valence-corrected chi connectivity index (χ4v) is 5.97. The molecule has 2 fully saturated rings. The molecule has 2 heterocycles. The van der Waals surface area contributed by atoms with Gasteiger partial charge in [-0.05, 0) is 62.5 Å². The van der Waals surface area contributed by atoms with Crippen LogP contribution in [0.5, 0.6) is 0 Å². The number of benzene rings is 1. The number of hydrogen-bond acceptors (Lipinski definition) is 7. The highest BCUT2D eigenvalue weighted by atomic mass is 35.5. The summed E-state index contributed by atoms with van der Waals surface area (Å²) in [4.78, 5) is 25.9. The van der Waals surface area contributed by atoms with Crippen LogP contribution in [0.2, 0.25) is 10.0 Å². The Morgan fingerprint density at radius 1 is 1.14 bits per heavy atom. The van der Waals surface area contributed by atoms with Crippen molar-refractivity contribution in [2.75, 3.05) is 10.6 Å². The van der Waals surface area contributed by atoms with Crippen LogP contribution < -0.4 is 16.4 Å². The van der Waals surface area contributed by atoms with E-state index in [1.165, 1.54) is 0 Å². The molecular weight excluding hydrogens is 513 g/mol. The van der Waals surface area contributed by atoms with Crippen molar-refractivity contribution >= 4 is 57.9 Å². The molecule has 0 aliphatic heterocycles. The molecule has 2 saturated carbocycles. The van der Waals surface area contributed by atoms with Crippen molar-refractivity contribution in [1.29, 1.82) is 0 Å². The first-order valence-electron chi connectivity index (χ1n) is 12.8. The molecule has 0 saturated heterocycles. The number of primary amides is 1. The monoisotopic (exact) mass is 545 g/mol. The Labute approximate surface area is 226 Å². The van der Waals surface area contributed by atoms with E-state index in [0.717, 1.165) is 25.7 Å². The second kappa shape index (κ2) is 10.3. The van der Waals surface area contributed by atoms with Crippen LogP contribution in [0, 0.1) is 11.3 Å². The van der Waals surface area contributed by atoms with Gasteiger partial charge in [0.05, 0.1) is 28.0 Å². The number of nitrogens with two attached hydrogens (primary N) is 1. The fraction of sp³-hybridized carbons (Fsp3) is 0.538. The number of nitrogens with one attached hydrogen (secondary N) is 2. The van der Waals surface area contributed by atoms with Gasteiger partial charge in [-0.3, -0.25) is 9.36 Å². The predicted octanol–water partition coefficient (Wildman–Crippen LogP) is 5.44. The molecule has 2 aromatic heterocycles. The van der Waals surface area contributed by atoms with Crippen LogP contribution in [0.1, 0.15) is 64.8 Å². The molecule has 5 N–H and O–H groups in total. The number of carbonyl (C=O) groups is 1. The van der Waals surface area contributed by atoms with Gasteiger partial charge in [0.2, 0.25) is 17.8 Å². The molecule has 3 aromatic rings. The highest BCUT2D eigenvalue weighted by Gasteiger charge is 2.35. The Morgan fingerprint density at radius 3 is 2.49 bits per heavy atom. The van der Waals surface area contributed by atoms with Crippen LogP contribution >= 0.6 is 23.2 Å². The summed E-state index contributed by atoms with van der Waals surface area (Å²) >= 11 is 12.9. The highest BCUT2D eigenvalue weighted by Crippen LogP contribution is 2.40. The molecule has 9 nitrogen and oxygen atoms in total. The van der Waals surface area contributed by atoms with Gasteiger partial charge in [0.15, 0.2) is 5.65 Å². The lowest BCUT2D eigenvalue weighted by Crippen LogP contribution is -2.41. The van der Waals surface area contributed by atoms with Crippen molar-refractivity contribution in [3.05, 3.63) is 34.4 Å². The molecule has 0 bridgehead atoms. The zero-order valence-corrected chi connectivity index (χ0v) is 22.6. The molecule has 2 aliphatic carbocycles. The summed E-state index contributed by atoms with van der Waals surface area (Å²) < 4.78 is 2.07. The van der Waals surface area contributed by atoms with Crippen LogP contribution in [0.4, 0.5) is 17.6 Å². The Kier molecular flexibility index (Phi) is 7.22. The zero-order valence-electron chi connectivity index (χ0n) is 21.0. The first kappa shape index (κ1) is 26.0. The van der Waals surface area contributed by atoms with Gasteiger partial charge in [-0.25, -0.2) is 9.97 Å². The molecule has 0 spiro atoms. The first-order chi connectivity index (χ1) is 17.6. The van der Waals surface area contributed by atoms with Crippen molar-refractivity contribution in [3.8, 4) is 0 Å². The van der Waals surface area contributed by atoms with E-state index < -0.39 is 0 Å². The topological polar surface area (TPSA) is 131 Å². The van der Waals surface area contributed by atoms with Crippen molar-refractivity contribution in [2.24, 2.45) is 17.1 Å². The van der Waals surface area contributed by atoms with Crippen LogP contribution in [-0.2, 0) is 4.79 Å². The largest absolute Gasteiger partial charge is 0.392 e. The summed E-state index contributed by atoms with van der Waals surface area (Å²) in [6.07, 6.45) is 6.75. The highest BCUT2D eigenvalue weighted by molar-refractivity contribution is 6.39. The molecule has 1 aromatic carbocycles. The number of aliphatic hydroxyl groups excluding tert-OH is 1. The second-order valence-corrected chi connectivity index (χ2v) is 11.8. The number of rotatable bonds is 6. The van der Waals surface area contributed by atoms with E-state index in [-0.39, 0.29) is 35.4 Å². The number of hydrogen-bond donors (Lipinski definition) is 4. The normalized spacial score (nSPS) is 25.6. The van der Waals surface area contributed by atoms with Gasteiger partial charge in [0.25, 0.3) is 0 Å². The van der Waals surface area contributed by atoms with Gasteiger partial charge in [-0.15, -0.1) is 0 Å². The van der Waals surface area contributed by atoms with Crippen molar-refractivity contribution < 1.29 is 9.90 Å². The fourth-order valence-electron chi connectivity index (χ4n) is 5.47. The summed E-state index contributed by atoms with van der Waals surface area (Å²) in [5, 5.41) is 18.3. The summed E-state index contributed by atoms with van der Waals surface area (Å²) in [6, 6.07) is 5.47. The molecule has 2 atom stereocenters. The average molecular weight is 547 g/mol. The second-order valence-electron chi connectivity index (χ2n) is 11.0. The zero-order chi connectivity index (χ0) is 26.3. The van der Waals surface area contributed by atoms with Gasteiger partial charge in [0.1, 0.15) is 5.52 Å². The standard InChI is InChI=1S/C26H33Cl2N7O2/c1-26(2)11-10-15(12-20(26)36)31-24-30-13-19-23(34-24)35(16-8-6-14(7-9-16)22(29)37)25(32-19)33-21-17(27)4-3-5-18(21)28/h3-5,13-16,20,36H,6-12H2,1-2H3,(H2,29,37)(H,32,33)(H,30,31,34)/t14-,15?,16+,20-/m1/s1. The van der Waals surface area contributed by atoms with Gasteiger partial charge in [-0.2, -0.15) is 4.98 Å². The van der Waals surface area contributed by atoms with Gasteiger partial charge in [-0.1, -0.05) is 43.1 Å². The van der Waals surface area contributed by atoms with E-state index in [4.69, 9.17) is 38.9 Å². The lowest BCUT2D eigenvalue weighted by molar-refractivity contribution is -0.122. The van der Waals surface area contributed by atoms with E-state index in [2.05, 4.69) is 34.0 Å². The Balaban J connectivity index is 1.49. The molecule has 37 heavy (non-hydrogen) atoms. The summed E-state index contributed by atoms with van der Waals surface area (Å²) in [7, 11) is 0. The minimum Gasteiger partial charge on any atom is -0.392 e. The van der Waals surface area contributed by atoms with E-state index in [9.17, 15) is 9.90 Å². The smallest absolute Gasteiger partial charge is 0.224 e. The molecule has 5 rings (SSSR count). The number of nitrogens with zero attached hydrogens (tertiary/aromatic N) is 4. The quantitative estimate of drug-likeness (QED) is 0.324. The Hall–Kier alpha value is -2.62. The average Bonchev–Trinajstić information content (AvgIpc) is 3.21. The number of halogens is 2. The SMILES string of the molecule is CC1(C)CCC(Nc2ncc3nc(Nc4c(Cl)cccc4Cl)n([C@H]4CC[C@@H](C(N)=O)CC4)c3n2)C[C@H]1O. The third-order valence-electron chi connectivity index (χ3n) is 7.98. The Bertz CT molecular complexity index is 1280. The number of anilines is 3. The van der Waals surface area contributed by atoms with Crippen LogP contribution in [0.25, 0.3) is 11.2 Å². The van der Waals surface area contributed by atoms with Gasteiger partial charge >= 0.3 is 0 Å². The predicted molar refractivity (Wildman–Crippen MR) is 146 cm³/mol. The lowest BCUT2D eigenvalue weighted by Gasteiger charge is -2.39. The summed E-state index contributed by atoms with van der Waals surface area (Å²) in [6.45, 7) is 4.20. The maximum absolute atomic E-state index is 11.8. The first-order valence-corrected chi connectivity index (χ1v) is 13.6. The Morgan fingerprint density at radius 2 is 1.84 bits per heavy atom. The van der Waals surface area contributed by atoms with Crippen LogP contribution in [0.3, 0.4) is 0 Å². The maximum Gasteiger partial charge on any atom is 0.224 e. The van der Waals surface area contributed by atoms with Crippen molar-refractivity contribution in [2.45, 2.75) is 77.0 Å². The van der Waals surface area contributed by atoms with E-state index in [1.807, 2.05) is 0 Å². The third kappa shape index (κ3) is 5.35. The van der Waals surface area contributed by atoms with Crippen LogP contribution in [-0.4, -0.2) is 42.7 Å². The number of para-hydroxylation sites is 1. The van der Waals surface area contributed by atoms with E-state index in [1.54, 1.807) is 24.4 Å². The van der Waals surface area contributed by atoms with Crippen LogP contribution in [0.15, 0.2) is 24.4 Å². The molecule has 198 valence electrons. The van der Waals surface area contributed by atoms with E-state index >= 15 is 0 Å². The number of aliphatic hydroxyl groups is 1. The third-order valence-corrected chi connectivity index (χ3v) is 8.61. The number of fused-ring (bicyclic) bond motifs is 1. The number of carbonyl (C=O) groups excluding carboxylic acids is 1. The number of aromatic nitrogens is 4. The number of imidazole rings is 1. The summed E-state index contributed by atoms with van der Waals surface area (Å²) in [5.41, 5.74) is 7.37. The minimum absolute atomic E-state index is 0.0596. The van der Waals surface area contributed by atoms with Crippen molar-refractivity contribution in [1.82, 2.24) is 19.5 Å². The molecule has 2 aliphatic rings. The van der Waals surface area contributed by atoms with Gasteiger partial charge in [0, 0.05) is 18.0 Å². The molecular formula is C26H33Cl2N7O2. The molecule has 1 amide bonds. The minimum atomic E-state index is -0.385. The van der Waals surface area contributed by atoms with E-state index in [0.29, 0.717) is 58.1 Å². The van der Waals surface area contributed by atoms with Crippen molar-refractivity contribution in [3.63, 3.8) is 0 Å². The summed E-state index contributed by atoms with van der Waals surface area (Å²) in [5.74, 6) is 0.698. The molecule has 0 radical (unpaired) electrons. The van der Waals surface area contributed by atoms with Gasteiger partial charge < -0.3 is 21.5 Å². The maximum atomic E-state index is 11.8. The lowest BCUT2D eigenvalue weighted by atomic mass is 9.73.